The fraction of sp³-hybridized carbons (Fsp3) is 0.560. The molecule has 2 atom stereocenters. The quantitative estimate of drug-likeness (QED) is 0.734. The smallest absolute Gasteiger partial charge is 0.410 e. The molecule has 0 radical (unpaired) electrons. The Labute approximate surface area is 196 Å². The number of aromatic nitrogens is 2. The van der Waals surface area contributed by atoms with Crippen molar-refractivity contribution in [3.05, 3.63) is 46.8 Å². The van der Waals surface area contributed by atoms with Crippen LogP contribution in [0, 0.1) is 13.8 Å². The number of rotatable bonds is 3. The number of aryl methyl sites for hydroxylation is 2. The molecular formula is C25H35N5O3. The molecular weight excluding hydrogens is 418 g/mol. The Morgan fingerprint density at radius 3 is 2.58 bits per heavy atom. The number of hydrogen-bond acceptors (Lipinski definition) is 7. The summed E-state index contributed by atoms with van der Waals surface area (Å²) in [6, 6.07) is 6.32. The van der Waals surface area contributed by atoms with Crippen molar-refractivity contribution >= 4 is 17.7 Å². The summed E-state index contributed by atoms with van der Waals surface area (Å²) in [5, 5.41) is 14.1. The number of hydrogen-bond donors (Lipinski definition) is 2. The predicted octanol–water partition coefficient (Wildman–Crippen LogP) is 3.57. The number of carbonyl (C=O) groups is 1. The Morgan fingerprint density at radius 1 is 1.18 bits per heavy atom. The lowest BCUT2D eigenvalue weighted by Gasteiger charge is -2.43. The second kappa shape index (κ2) is 9.27. The van der Waals surface area contributed by atoms with Gasteiger partial charge in [-0.2, -0.15) is 0 Å². The molecule has 0 spiro atoms. The highest BCUT2D eigenvalue weighted by atomic mass is 16.6. The number of nitrogens with one attached hydrogen (secondary N) is 1. The van der Waals surface area contributed by atoms with Crippen molar-refractivity contribution in [1.29, 1.82) is 0 Å². The number of aliphatic hydroxyl groups is 1. The lowest BCUT2D eigenvalue weighted by molar-refractivity contribution is -0.0326. The number of β-amino-alcohol motifs (C(OH)–C–C–N with tert-alkyl or cyclic N) is 1. The third-order valence-corrected chi connectivity index (χ3v) is 6.11. The van der Waals surface area contributed by atoms with Gasteiger partial charge >= 0.3 is 6.09 Å². The molecule has 0 bridgehead atoms. The second-order valence-corrected chi connectivity index (χ2v) is 10.2. The van der Waals surface area contributed by atoms with Crippen LogP contribution in [0.1, 0.15) is 49.6 Å². The van der Waals surface area contributed by atoms with Crippen molar-refractivity contribution < 1.29 is 14.6 Å². The van der Waals surface area contributed by atoms with E-state index < -0.39 is 11.7 Å². The molecule has 3 heterocycles. The molecule has 1 saturated heterocycles. The predicted molar refractivity (Wildman–Crippen MR) is 128 cm³/mol. The topological polar surface area (TPSA) is 90.8 Å². The van der Waals surface area contributed by atoms with Gasteiger partial charge in [0.1, 0.15) is 5.60 Å². The number of anilines is 2. The molecule has 2 aliphatic rings. The van der Waals surface area contributed by atoms with Gasteiger partial charge in [-0.05, 0) is 64.3 Å². The van der Waals surface area contributed by atoms with Crippen molar-refractivity contribution in [3.8, 4) is 0 Å². The van der Waals surface area contributed by atoms with E-state index in [9.17, 15) is 9.90 Å². The van der Waals surface area contributed by atoms with Crippen LogP contribution in [0.4, 0.5) is 16.4 Å². The number of ether oxygens (including phenoxy) is 1. The molecule has 1 aromatic heterocycles. The monoisotopic (exact) mass is 453 g/mol. The summed E-state index contributed by atoms with van der Waals surface area (Å²) in [6.07, 6.45) is 2.43. The lowest BCUT2D eigenvalue weighted by atomic mass is 9.97. The van der Waals surface area contributed by atoms with Gasteiger partial charge in [0.25, 0.3) is 0 Å². The summed E-state index contributed by atoms with van der Waals surface area (Å²) in [5.74, 6) is 0.609. The fourth-order valence-electron chi connectivity index (χ4n) is 4.69. The third kappa shape index (κ3) is 5.81. The van der Waals surface area contributed by atoms with Crippen LogP contribution in [0.3, 0.4) is 0 Å². The average Bonchev–Trinajstić information content (AvgIpc) is 2.71. The van der Waals surface area contributed by atoms with Crippen molar-refractivity contribution in [2.45, 2.75) is 71.8 Å². The fourth-order valence-corrected chi connectivity index (χ4v) is 4.69. The summed E-state index contributed by atoms with van der Waals surface area (Å²) < 4.78 is 5.46. The van der Waals surface area contributed by atoms with Crippen molar-refractivity contribution in [2.24, 2.45) is 0 Å². The Bertz CT molecular complexity index is 999. The van der Waals surface area contributed by atoms with Crippen LogP contribution in [0.25, 0.3) is 0 Å². The highest BCUT2D eigenvalue weighted by molar-refractivity contribution is 5.68. The van der Waals surface area contributed by atoms with Gasteiger partial charge in [0.05, 0.1) is 18.3 Å². The summed E-state index contributed by atoms with van der Waals surface area (Å²) in [5.41, 5.74) is 4.98. The normalized spacial score (nSPS) is 21.5. The van der Waals surface area contributed by atoms with Gasteiger partial charge < -0.3 is 20.1 Å². The Hall–Kier alpha value is -2.71. The SMILES string of the molecule is Cc1cc(C)cc(Nc2ncc3c(n2)CCN(C2CCN(C(=O)OC(C)(C)C)CC2O)C3)c1. The van der Waals surface area contributed by atoms with Crippen LogP contribution in [0.15, 0.2) is 24.4 Å². The van der Waals surface area contributed by atoms with Gasteiger partial charge in [-0.3, -0.25) is 4.90 Å². The number of carbonyl (C=O) groups excluding carboxylic acids is 1. The summed E-state index contributed by atoms with van der Waals surface area (Å²) >= 11 is 0. The van der Waals surface area contributed by atoms with Gasteiger partial charge in [0.15, 0.2) is 0 Å². The maximum Gasteiger partial charge on any atom is 0.410 e. The van der Waals surface area contributed by atoms with E-state index in [1.807, 2.05) is 27.0 Å². The molecule has 0 aliphatic carbocycles. The molecule has 8 nitrogen and oxygen atoms in total. The zero-order chi connectivity index (χ0) is 23.8. The van der Waals surface area contributed by atoms with Crippen LogP contribution in [0.5, 0.6) is 0 Å². The van der Waals surface area contributed by atoms with E-state index in [-0.39, 0.29) is 18.7 Å². The molecule has 1 amide bonds. The first kappa shape index (κ1) is 23.4. The van der Waals surface area contributed by atoms with Crippen molar-refractivity contribution in [1.82, 2.24) is 19.8 Å². The number of amides is 1. The van der Waals surface area contributed by atoms with Gasteiger partial charge in [-0.25, -0.2) is 14.8 Å². The number of nitrogens with zero attached hydrogens (tertiary/aromatic N) is 4. The highest BCUT2D eigenvalue weighted by Gasteiger charge is 2.36. The number of likely N-dealkylation sites (tertiary alicyclic amines) is 1. The van der Waals surface area contributed by atoms with Crippen LogP contribution in [-0.2, 0) is 17.7 Å². The summed E-state index contributed by atoms with van der Waals surface area (Å²) in [7, 11) is 0. The van der Waals surface area contributed by atoms with Crippen LogP contribution in [0.2, 0.25) is 0 Å². The van der Waals surface area contributed by atoms with Crippen molar-refractivity contribution in [3.63, 3.8) is 0 Å². The Morgan fingerprint density at radius 2 is 1.91 bits per heavy atom. The van der Waals surface area contributed by atoms with E-state index in [0.717, 1.165) is 29.9 Å². The zero-order valence-corrected chi connectivity index (χ0v) is 20.3. The maximum atomic E-state index is 12.4. The van der Waals surface area contributed by atoms with E-state index in [2.05, 4.69) is 47.2 Å². The number of aliphatic hydroxyl groups excluding tert-OH is 1. The maximum absolute atomic E-state index is 12.4. The number of fused-ring (bicyclic) bond motifs is 1. The van der Waals surface area contributed by atoms with Crippen LogP contribution >= 0.6 is 0 Å². The van der Waals surface area contributed by atoms with E-state index in [1.165, 1.54) is 11.1 Å². The third-order valence-electron chi connectivity index (χ3n) is 6.11. The largest absolute Gasteiger partial charge is 0.444 e. The van der Waals surface area contributed by atoms with Gasteiger partial charge in [-0.15, -0.1) is 0 Å². The molecule has 4 rings (SSSR count). The van der Waals surface area contributed by atoms with E-state index >= 15 is 0 Å². The summed E-state index contributed by atoms with van der Waals surface area (Å²) in [4.78, 5) is 25.6. The minimum absolute atomic E-state index is 0.00454. The van der Waals surface area contributed by atoms with Gasteiger partial charge in [0.2, 0.25) is 5.95 Å². The van der Waals surface area contributed by atoms with Crippen LogP contribution < -0.4 is 5.32 Å². The molecule has 2 N–H and O–H groups in total. The van der Waals surface area contributed by atoms with Crippen molar-refractivity contribution in [2.75, 3.05) is 25.0 Å². The van der Waals surface area contributed by atoms with Gasteiger partial charge in [0, 0.05) is 49.5 Å². The lowest BCUT2D eigenvalue weighted by Crippen LogP contribution is -2.56. The minimum Gasteiger partial charge on any atom is -0.444 e. The van der Waals surface area contributed by atoms with Crippen LogP contribution in [-0.4, -0.2) is 68.3 Å². The Balaban J connectivity index is 1.38. The Kier molecular flexibility index (Phi) is 6.59. The highest BCUT2D eigenvalue weighted by Crippen LogP contribution is 2.26. The average molecular weight is 454 g/mol. The number of benzene rings is 1. The van der Waals surface area contributed by atoms with Gasteiger partial charge in [-0.1, -0.05) is 6.07 Å². The minimum atomic E-state index is -0.612. The molecule has 8 heteroatoms. The first-order chi connectivity index (χ1) is 15.6. The standard InChI is InChI=1S/C25H35N5O3/c1-16-10-17(2)12-19(11-16)27-23-26-13-18-14-29(8-6-20(18)28-23)21-7-9-30(15-22(21)31)24(32)33-25(3,4)5/h10-13,21-22,31H,6-9,14-15H2,1-5H3,(H,26,27,28). The van der Waals surface area contributed by atoms with E-state index in [1.54, 1.807) is 4.90 Å². The number of piperidine rings is 1. The molecule has 0 saturated carbocycles. The first-order valence-corrected chi connectivity index (χ1v) is 11.7. The van der Waals surface area contributed by atoms with E-state index in [4.69, 9.17) is 9.72 Å². The molecule has 2 aliphatic heterocycles. The van der Waals surface area contributed by atoms with E-state index in [0.29, 0.717) is 25.5 Å². The molecule has 2 aromatic rings. The molecule has 1 aromatic carbocycles. The zero-order valence-electron chi connectivity index (χ0n) is 20.3. The first-order valence-electron chi connectivity index (χ1n) is 11.7. The summed E-state index contributed by atoms with van der Waals surface area (Å²) in [6.45, 7) is 12.1. The second-order valence-electron chi connectivity index (χ2n) is 10.2. The molecule has 178 valence electrons. The molecule has 2 unspecified atom stereocenters. The molecule has 1 fully saturated rings. The molecule has 33 heavy (non-hydrogen) atoms.